The van der Waals surface area contributed by atoms with Crippen molar-refractivity contribution < 1.29 is 8.42 Å². The van der Waals surface area contributed by atoms with Gasteiger partial charge in [0.1, 0.15) is 5.01 Å². The topological polar surface area (TPSA) is 91.3 Å². The molecule has 3 aromatic rings. The monoisotopic (exact) mass is 410 g/mol. The second-order valence-electron chi connectivity index (χ2n) is 6.11. The van der Waals surface area contributed by atoms with E-state index in [0.717, 1.165) is 28.3 Å². The number of hydrogen-bond acceptors (Lipinski definition) is 9. The molecule has 8 nitrogen and oxygen atoms in total. The number of aromatic nitrogens is 3. The Morgan fingerprint density at radius 2 is 1.85 bits per heavy atom. The summed E-state index contributed by atoms with van der Waals surface area (Å²) in [5, 5.41) is 13.3. The van der Waals surface area contributed by atoms with Gasteiger partial charge in [-0.15, -0.1) is 10.2 Å². The molecule has 11 heteroatoms. The number of nitrogens with zero attached hydrogens (tertiary/aromatic N) is 5. The van der Waals surface area contributed by atoms with Gasteiger partial charge in [0.2, 0.25) is 15.2 Å². The van der Waals surface area contributed by atoms with E-state index < -0.39 is 10.0 Å². The summed E-state index contributed by atoms with van der Waals surface area (Å²) in [7, 11) is -1.48. The molecule has 1 aliphatic heterocycles. The minimum atomic E-state index is -3.48. The molecule has 0 bridgehead atoms. The van der Waals surface area contributed by atoms with Gasteiger partial charge in [0.05, 0.1) is 15.1 Å². The summed E-state index contributed by atoms with van der Waals surface area (Å²) in [5.41, 5.74) is 0.760. The number of hydrogen-bond donors (Lipinski definition) is 1. The van der Waals surface area contributed by atoms with Crippen LogP contribution < -0.4 is 5.32 Å². The molecule has 1 fully saturated rings. The number of rotatable bonds is 4. The molecule has 1 N–H and O–H groups in total. The van der Waals surface area contributed by atoms with Crippen LogP contribution in [0.15, 0.2) is 23.1 Å². The molecule has 0 amide bonds. The lowest BCUT2D eigenvalue weighted by atomic mass is 10.3. The fourth-order valence-electron chi connectivity index (χ4n) is 2.73. The molecule has 0 saturated carbocycles. The number of thiazole rings is 1. The van der Waals surface area contributed by atoms with Crippen LogP contribution in [0.5, 0.6) is 0 Å². The van der Waals surface area contributed by atoms with Gasteiger partial charge in [-0.1, -0.05) is 22.7 Å². The number of likely N-dealkylation sites (N-methyl/N-ethyl adjacent to an activating group) is 1. The van der Waals surface area contributed by atoms with E-state index in [9.17, 15) is 8.42 Å². The van der Waals surface area contributed by atoms with Crippen molar-refractivity contribution in [2.45, 2.75) is 11.8 Å². The van der Waals surface area contributed by atoms with Crippen LogP contribution in [0.2, 0.25) is 0 Å². The normalized spacial score (nSPS) is 17.0. The summed E-state index contributed by atoms with van der Waals surface area (Å²) in [6.45, 7) is 4.41. The summed E-state index contributed by atoms with van der Waals surface area (Å²) >= 11 is 2.85. The molecule has 138 valence electrons. The van der Waals surface area contributed by atoms with E-state index in [4.69, 9.17) is 0 Å². The molecule has 0 radical (unpaired) electrons. The zero-order chi connectivity index (χ0) is 18.3. The van der Waals surface area contributed by atoms with Crippen molar-refractivity contribution in [2.24, 2.45) is 0 Å². The Kier molecular flexibility index (Phi) is 4.65. The zero-order valence-electron chi connectivity index (χ0n) is 14.3. The van der Waals surface area contributed by atoms with Crippen molar-refractivity contribution in [2.75, 3.05) is 38.5 Å². The smallest absolute Gasteiger partial charge is 0.243 e. The Balaban J connectivity index is 1.61. The first-order chi connectivity index (χ1) is 12.4. The quantitative estimate of drug-likeness (QED) is 0.704. The minimum absolute atomic E-state index is 0.316. The zero-order valence-corrected chi connectivity index (χ0v) is 16.8. The molecule has 0 spiro atoms. The third-order valence-corrected chi connectivity index (χ3v) is 7.78. The van der Waals surface area contributed by atoms with Crippen LogP contribution in [0.25, 0.3) is 10.2 Å². The first-order valence-electron chi connectivity index (χ1n) is 8.08. The van der Waals surface area contributed by atoms with Crippen LogP contribution >= 0.6 is 22.7 Å². The second-order valence-corrected chi connectivity index (χ2v) is 10.3. The van der Waals surface area contributed by atoms with Crippen LogP contribution in [-0.2, 0) is 10.0 Å². The number of aryl methyl sites for hydroxylation is 1. The molecule has 0 unspecified atom stereocenters. The van der Waals surface area contributed by atoms with Crippen LogP contribution in [0, 0.1) is 6.92 Å². The lowest BCUT2D eigenvalue weighted by Gasteiger charge is -2.31. The van der Waals surface area contributed by atoms with E-state index >= 15 is 0 Å². The summed E-state index contributed by atoms with van der Waals surface area (Å²) in [6, 6.07) is 5.09. The molecule has 4 rings (SSSR count). The van der Waals surface area contributed by atoms with Crippen molar-refractivity contribution >= 4 is 53.2 Å². The highest BCUT2D eigenvalue weighted by molar-refractivity contribution is 7.89. The van der Waals surface area contributed by atoms with E-state index in [-0.39, 0.29) is 0 Å². The summed E-state index contributed by atoms with van der Waals surface area (Å²) < 4.78 is 28.2. The SMILES string of the molecule is Cc1nnc(Nc2nc3ccc(S(=O)(=O)N4CCN(C)CC4)cc3s2)s1. The predicted octanol–water partition coefficient (Wildman–Crippen LogP) is 2.14. The average molecular weight is 411 g/mol. The maximum atomic E-state index is 12.9. The van der Waals surface area contributed by atoms with E-state index in [1.54, 1.807) is 22.5 Å². The first kappa shape index (κ1) is 17.7. The van der Waals surface area contributed by atoms with Crippen LogP contribution in [0.1, 0.15) is 5.01 Å². The standard InChI is InChI=1S/C15H18N6O2S3/c1-10-18-19-15(24-10)17-14-16-12-4-3-11(9-13(12)25-14)26(22,23)21-7-5-20(2)6-8-21/h3-4,9H,5-8H2,1-2H3,(H,16,17,19). The van der Waals surface area contributed by atoms with Crippen molar-refractivity contribution in [3.63, 3.8) is 0 Å². The molecular weight excluding hydrogens is 392 g/mol. The van der Waals surface area contributed by atoms with Crippen molar-refractivity contribution in [1.29, 1.82) is 0 Å². The lowest BCUT2D eigenvalue weighted by molar-refractivity contribution is 0.222. The fourth-order valence-corrected chi connectivity index (χ4v) is 5.82. The number of sulfonamides is 1. The molecule has 1 saturated heterocycles. The van der Waals surface area contributed by atoms with Crippen LogP contribution in [0.4, 0.5) is 10.3 Å². The lowest BCUT2D eigenvalue weighted by Crippen LogP contribution is -2.46. The molecule has 26 heavy (non-hydrogen) atoms. The van der Waals surface area contributed by atoms with Crippen molar-refractivity contribution in [3.05, 3.63) is 23.2 Å². The third kappa shape index (κ3) is 3.45. The Hall–Kier alpha value is -1.66. The Labute approximate surface area is 159 Å². The minimum Gasteiger partial charge on any atom is -0.306 e. The highest BCUT2D eigenvalue weighted by Crippen LogP contribution is 2.31. The Morgan fingerprint density at radius 1 is 1.08 bits per heavy atom. The van der Waals surface area contributed by atoms with E-state index in [0.29, 0.717) is 28.2 Å². The van der Waals surface area contributed by atoms with Crippen molar-refractivity contribution in [3.8, 4) is 0 Å². The van der Waals surface area contributed by atoms with Crippen LogP contribution in [-0.4, -0.2) is 66.0 Å². The summed E-state index contributed by atoms with van der Waals surface area (Å²) in [6.07, 6.45) is 0. The largest absolute Gasteiger partial charge is 0.306 e. The molecule has 1 aromatic carbocycles. The number of anilines is 2. The van der Waals surface area contributed by atoms with E-state index in [2.05, 4.69) is 25.4 Å². The molecule has 0 aliphatic carbocycles. The van der Waals surface area contributed by atoms with Gasteiger partial charge < -0.3 is 10.2 Å². The van der Waals surface area contributed by atoms with Gasteiger partial charge >= 0.3 is 0 Å². The molecule has 1 aliphatic rings. The van der Waals surface area contributed by atoms with Gasteiger partial charge in [0, 0.05) is 26.2 Å². The number of benzene rings is 1. The van der Waals surface area contributed by atoms with Gasteiger partial charge in [0.25, 0.3) is 0 Å². The number of piperazine rings is 1. The maximum absolute atomic E-state index is 12.9. The van der Waals surface area contributed by atoms with Gasteiger partial charge in [0.15, 0.2) is 5.13 Å². The summed E-state index contributed by atoms with van der Waals surface area (Å²) in [5.74, 6) is 0. The average Bonchev–Trinajstić information content (AvgIpc) is 3.20. The highest BCUT2D eigenvalue weighted by Gasteiger charge is 2.27. The van der Waals surface area contributed by atoms with Gasteiger partial charge in [-0.3, -0.25) is 0 Å². The number of fused-ring (bicyclic) bond motifs is 1. The third-order valence-electron chi connectivity index (χ3n) is 4.20. The fraction of sp³-hybridized carbons (Fsp3) is 0.400. The Morgan fingerprint density at radius 3 is 2.54 bits per heavy atom. The molecule has 0 atom stereocenters. The molecule has 3 heterocycles. The highest BCUT2D eigenvalue weighted by atomic mass is 32.2. The number of nitrogens with one attached hydrogen (secondary N) is 1. The van der Waals surface area contributed by atoms with Gasteiger partial charge in [-0.2, -0.15) is 4.31 Å². The van der Waals surface area contributed by atoms with Gasteiger partial charge in [-0.25, -0.2) is 13.4 Å². The summed E-state index contributed by atoms with van der Waals surface area (Å²) in [4.78, 5) is 6.94. The molecular formula is C15H18N6O2S3. The van der Waals surface area contributed by atoms with E-state index in [1.165, 1.54) is 22.7 Å². The maximum Gasteiger partial charge on any atom is 0.243 e. The Bertz CT molecular complexity index is 1040. The van der Waals surface area contributed by atoms with Gasteiger partial charge in [-0.05, 0) is 32.2 Å². The van der Waals surface area contributed by atoms with E-state index in [1.807, 2.05) is 14.0 Å². The first-order valence-corrected chi connectivity index (χ1v) is 11.2. The molecule has 2 aromatic heterocycles. The predicted molar refractivity (Wildman–Crippen MR) is 104 cm³/mol. The second kappa shape index (κ2) is 6.82. The van der Waals surface area contributed by atoms with Crippen LogP contribution in [0.3, 0.4) is 0 Å². The van der Waals surface area contributed by atoms with Crippen molar-refractivity contribution in [1.82, 2.24) is 24.4 Å².